The third-order valence-electron chi connectivity index (χ3n) is 11.8. The minimum absolute atomic E-state index is 0.0342. The predicted octanol–water partition coefficient (Wildman–Crippen LogP) is 6.64. The maximum atomic E-state index is 14.2. The Hall–Kier alpha value is -2.43. The highest BCUT2D eigenvalue weighted by Crippen LogP contribution is 2.69. The van der Waals surface area contributed by atoms with Crippen LogP contribution in [-0.2, 0) is 14.4 Å². The molecule has 3 fully saturated rings. The number of hydrogen-bond acceptors (Lipinski definition) is 4. The second-order valence-corrected chi connectivity index (χ2v) is 14.6. The zero-order valence-electron chi connectivity index (χ0n) is 24.0. The lowest BCUT2D eigenvalue weighted by molar-refractivity contribution is -0.149. The number of nitriles is 1. The maximum Gasteiger partial charge on any atom is 0.405 e. The summed E-state index contributed by atoms with van der Waals surface area (Å²) in [4.78, 5) is 39.2. The van der Waals surface area contributed by atoms with Gasteiger partial charge in [-0.25, -0.2) is 0 Å². The summed E-state index contributed by atoms with van der Waals surface area (Å²) in [5.41, 5.74) is 0.312. The molecule has 0 aromatic rings. The largest absolute Gasteiger partial charge is 0.405 e. The second-order valence-electron chi connectivity index (χ2n) is 14.6. The first kappa shape index (κ1) is 29.1. The number of alkyl halides is 3. The van der Waals surface area contributed by atoms with E-state index in [1.54, 1.807) is 0 Å². The standard InChI is InChI=1S/C32H41F3N2O3/c1-28(2)11-12-31(10-7-26(40)37-18-32(33,34)35)9-6-21-27(22(31)16-28)24(39)14-25-29(21,3)8-5-20-13-23(38)19(17-36)15-30(20,25)4/h14-15,20-22,27H,5-13,16,18H2,1-4H3,(H,37,40). The molecule has 40 heavy (non-hydrogen) atoms. The summed E-state index contributed by atoms with van der Waals surface area (Å²) in [6.45, 7) is 7.50. The molecule has 7 atom stereocenters. The lowest BCUT2D eigenvalue weighted by Gasteiger charge is -2.64. The van der Waals surface area contributed by atoms with Crippen LogP contribution < -0.4 is 5.32 Å². The van der Waals surface area contributed by atoms with Crippen LogP contribution in [0.15, 0.2) is 23.3 Å². The molecule has 1 N–H and O–H groups in total. The van der Waals surface area contributed by atoms with Gasteiger partial charge in [0.25, 0.3) is 0 Å². The summed E-state index contributed by atoms with van der Waals surface area (Å²) < 4.78 is 38.0. The number of Topliss-reactive ketones (excluding diaryl/α,β-unsaturated/α-hetero) is 1. The Morgan fingerprint density at radius 1 is 1.07 bits per heavy atom. The average molecular weight is 559 g/mol. The van der Waals surface area contributed by atoms with Gasteiger partial charge < -0.3 is 5.32 Å². The molecule has 1 amide bonds. The minimum Gasteiger partial charge on any atom is -0.347 e. The second kappa shape index (κ2) is 9.56. The van der Waals surface area contributed by atoms with E-state index in [2.05, 4.69) is 33.8 Å². The van der Waals surface area contributed by atoms with E-state index in [4.69, 9.17) is 0 Å². The van der Waals surface area contributed by atoms with Gasteiger partial charge in [-0.3, -0.25) is 14.4 Å². The molecule has 0 aromatic heterocycles. The molecule has 7 unspecified atom stereocenters. The Morgan fingerprint density at radius 3 is 2.48 bits per heavy atom. The predicted molar refractivity (Wildman–Crippen MR) is 143 cm³/mol. The smallest absolute Gasteiger partial charge is 0.347 e. The van der Waals surface area contributed by atoms with Gasteiger partial charge in [-0.05, 0) is 91.4 Å². The molecule has 3 saturated carbocycles. The molecule has 0 bridgehead atoms. The number of nitrogens with one attached hydrogen (secondary N) is 1. The van der Waals surface area contributed by atoms with Crippen molar-refractivity contribution in [2.24, 2.45) is 45.3 Å². The minimum atomic E-state index is -4.44. The van der Waals surface area contributed by atoms with Crippen LogP contribution >= 0.6 is 0 Å². The number of fused-ring (bicyclic) bond motifs is 7. The highest BCUT2D eigenvalue weighted by Gasteiger charge is 2.63. The number of nitrogens with zero attached hydrogens (tertiary/aromatic N) is 1. The van der Waals surface area contributed by atoms with Crippen LogP contribution in [0.4, 0.5) is 13.2 Å². The summed E-state index contributed by atoms with van der Waals surface area (Å²) in [5, 5.41) is 11.7. The van der Waals surface area contributed by atoms with E-state index in [0.29, 0.717) is 12.8 Å². The van der Waals surface area contributed by atoms with Crippen LogP contribution in [0.3, 0.4) is 0 Å². The first-order valence-electron chi connectivity index (χ1n) is 14.8. The normalized spacial score (nSPS) is 40.4. The van der Waals surface area contributed by atoms with Gasteiger partial charge >= 0.3 is 6.18 Å². The number of amides is 1. The van der Waals surface area contributed by atoms with Crippen LogP contribution in [0.5, 0.6) is 0 Å². The Bertz CT molecular complexity index is 1230. The van der Waals surface area contributed by atoms with Crippen LogP contribution in [0.2, 0.25) is 0 Å². The molecule has 8 heteroatoms. The molecular formula is C32H41F3N2O3. The van der Waals surface area contributed by atoms with Crippen LogP contribution in [0.25, 0.3) is 0 Å². The van der Waals surface area contributed by atoms with Crippen molar-refractivity contribution >= 4 is 17.5 Å². The topological polar surface area (TPSA) is 87.0 Å². The van der Waals surface area contributed by atoms with E-state index in [9.17, 15) is 32.8 Å². The zero-order chi connectivity index (χ0) is 29.3. The molecule has 5 aliphatic rings. The number of rotatable bonds is 4. The van der Waals surface area contributed by atoms with Crippen LogP contribution in [0, 0.1) is 56.7 Å². The van der Waals surface area contributed by atoms with Crippen LogP contribution in [-0.4, -0.2) is 30.2 Å². The van der Waals surface area contributed by atoms with Gasteiger partial charge in [0.05, 0.1) is 5.57 Å². The molecule has 0 heterocycles. The van der Waals surface area contributed by atoms with E-state index < -0.39 is 24.0 Å². The third-order valence-corrected chi connectivity index (χ3v) is 11.8. The number of halogens is 3. The van der Waals surface area contributed by atoms with E-state index in [1.165, 1.54) is 0 Å². The number of allylic oxidation sites excluding steroid dienone is 4. The van der Waals surface area contributed by atoms with Gasteiger partial charge in [-0.1, -0.05) is 39.3 Å². The van der Waals surface area contributed by atoms with Crippen molar-refractivity contribution in [2.45, 2.75) is 98.1 Å². The Balaban J connectivity index is 1.48. The number of carbonyl (C=O) groups is 3. The zero-order valence-corrected chi connectivity index (χ0v) is 24.0. The Morgan fingerprint density at radius 2 is 1.80 bits per heavy atom. The molecule has 0 saturated heterocycles. The first-order chi connectivity index (χ1) is 18.5. The van der Waals surface area contributed by atoms with Gasteiger partial charge in [-0.2, -0.15) is 18.4 Å². The molecule has 5 nitrogen and oxygen atoms in total. The molecule has 218 valence electrons. The monoisotopic (exact) mass is 558 g/mol. The van der Waals surface area contributed by atoms with E-state index >= 15 is 0 Å². The highest BCUT2D eigenvalue weighted by atomic mass is 19.4. The highest BCUT2D eigenvalue weighted by molar-refractivity contribution is 6.01. The third kappa shape index (κ3) is 4.75. The van der Waals surface area contributed by atoms with Gasteiger partial charge in [0.1, 0.15) is 12.6 Å². The Labute approximate surface area is 235 Å². The SMILES string of the molecule is CC1(C)CCC2(CCC(=O)NCC(F)(F)F)CCC3C(C(=O)C=C4C5(C)C=C(C#N)C(=O)CC5CCC43C)C2C1. The van der Waals surface area contributed by atoms with Gasteiger partial charge in [0.15, 0.2) is 11.6 Å². The van der Waals surface area contributed by atoms with Crippen LogP contribution in [0.1, 0.15) is 91.9 Å². The molecule has 0 aliphatic heterocycles. The molecular weight excluding hydrogens is 517 g/mol. The quantitative estimate of drug-likeness (QED) is 0.419. The summed E-state index contributed by atoms with van der Waals surface area (Å²) in [7, 11) is 0. The number of hydrogen-bond donors (Lipinski definition) is 1. The van der Waals surface area contributed by atoms with Crippen molar-refractivity contribution in [3.05, 3.63) is 23.3 Å². The number of carbonyl (C=O) groups excluding carboxylic acids is 3. The van der Waals surface area contributed by atoms with Crippen molar-refractivity contribution in [3.63, 3.8) is 0 Å². The average Bonchev–Trinajstić information content (AvgIpc) is 2.87. The van der Waals surface area contributed by atoms with Crippen molar-refractivity contribution in [2.75, 3.05) is 6.54 Å². The summed E-state index contributed by atoms with van der Waals surface area (Å²) in [6.07, 6.45) is 6.24. The van der Waals surface area contributed by atoms with Crippen molar-refractivity contribution in [1.29, 1.82) is 5.26 Å². The summed E-state index contributed by atoms with van der Waals surface area (Å²) >= 11 is 0. The van der Waals surface area contributed by atoms with Gasteiger partial charge in [-0.15, -0.1) is 0 Å². The molecule has 0 aromatic carbocycles. The lowest BCUT2D eigenvalue weighted by Crippen LogP contribution is -2.59. The molecule has 0 spiro atoms. The fourth-order valence-electron chi connectivity index (χ4n) is 9.61. The summed E-state index contributed by atoms with van der Waals surface area (Å²) in [5.74, 6) is -0.509. The van der Waals surface area contributed by atoms with E-state index in [0.717, 1.165) is 50.5 Å². The molecule has 0 radical (unpaired) electrons. The van der Waals surface area contributed by atoms with Crippen molar-refractivity contribution in [3.8, 4) is 6.07 Å². The van der Waals surface area contributed by atoms with E-state index in [1.807, 2.05) is 17.5 Å². The lowest BCUT2D eigenvalue weighted by atomic mass is 9.39. The van der Waals surface area contributed by atoms with Crippen molar-refractivity contribution < 1.29 is 27.6 Å². The van der Waals surface area contributed by atoms with E-state index in [-0.39, 0.29) is 63.5 Å². The fraction of sp³-hybridized carbons (Fsp3) is 0.750. The Kier molecular flexibility index (Phi) is 6.95. The maximum absolute atomic E-state index is 14.2. The fourth-order valence-corrected chi connectivity index (χ4v) is 9.61. The van der Waals surface area contributed by atoms with Gasteiger partial charge in [0.2, 0.25) is 5.91 Å². The van der Waals surface area contributed by atoms with Gasteiger partial charge in [0, 0.05) is 24.2 Å². The molecule has 5 aliphatic carbocycles. The van der Waals surface area contributed by atoms with Crippen molar-refractivity contribution in [1.82, 2.24) is 5.32 Å². The summed E-state index contributed by atoms with van der Waals surface area (Å²) in [6, 6.07) is 2.08. The molecule has 5 rings (SSSR count). The first-order valence-corrected chi connectivity index (χ1v) is 14.8. The number of ketones is 2.